The molecule has 1 aliphatic rings. The van der Waals surface area contributed by atoms with Crippen molar-refractivity contribution in [2.75, 3.05) is 18.8 Å². The minimum absolute atomic E-state index is 0.0187. The number of rotatable bonds is 6. The zero-order chi connectivity index (χ0) is 23.8. The molecule has 1 aliphatic heterocycles. The minimum atomic E-state index is -1.59. The Hall–Kier alpha value is -3.39. The van der Waals surface area contributed by atoms with Crippen LogP contribution in [-0.4, -0.2) is 40.3 Å². The lowest BCUT2D eigenvalue weighted by Gasteiger charge is -2.44. The van der Waals surface area contributed by atoms with Gasteiger partial charge in [-0.15, -0.1) is 16.4 Å². The van der Waals surface area contributed by atoms with Crippen LogP contribution < -0.4 is 5.73 Å². The van der Waals surface area contributed by atoms with Gasteiger partial charge in [0.25, 0.3) is 5.91 Å². The summed E-state index contributed by atoms with van der Waals surface area (Å²) in [7, 11) is 0. The molecular formula is C25H26FN5OS. The molecule has 1 saturated heterocycles. The molecule has 2 aromatic heterocycles. The molecule has 0 spiro atoms. The number of hydrogen-bond acceptors (Lipinski definition) is 6. The van der Waals surface area contributed by atoms with E-state index >= 15 is 4.39 Å². The van der Waals surface area contributed by atoms with Gasteiger partial charge < -0.3 is 10.6 Å². The van der Waals surface area contributed by atoms with Crippen LogP contribution in [0.3, 0.4) is 0 Å². The second-order valence-corrected chi connectivity index (χ2v) is 9.22. The van der Waals surface area contributed by atoms with Gasteiger partial charge in [0.05, 0.1) is 24.5 Å². The number of aliphatic imine (C=N–C) groups is 1. The van der Waals surface area contributed by atoms with Gasteiger partial charge in [-0.1, -0.05) is 37.8 Å². The van der Waals surface area contributed by atoms with Gasteiger partial charge in [0.15, 0.2) is 5.67 Å². The quantitative estimate of drug-likeness (QED) is 0.401. The van der Waals surface area contributed by atoms with Crippen molar-refractivity contribution < 1.29 is 9.18 Å². The Labute approximate surface area is 196 Å². The average Bonchev–Trinajstić information content (AvgIpc) is 3.13. The molecule has 0 unspecified atom stereocenters. The van der Waals surface area contributed by atoms with Crippen LogP contribution in [-0.2, 0) is 5.67 Å². The van der Waals surface area contributed by atoms with Crippen LogP contribution in [0, 0.1) is 13.8 Å². The number of nitrogens with two attached hydrogens (primary N) is 1. The van der Waals surface area contributed by atoms with Crippen molar-refractivity contribution in [3.63, 3.8) is 0 Å². The van der Waals surface area contributed by atoms with Crippen LogP contribution >= 0.6 is 11.3 Å². The van der Waals surface area contributed by atoms with Crippen molar-refractivity contribution in [2.24, 2.45) is 4.99 Å². The number of nitrogen functional groups attached to an aromatic ring is 1. The highest BCUT2D eigenvalue weighted by atomic mass is 32.1. The van der Waals surface area contributed by atoms with Crippen molar-refractivity contribution in [3.8, 4) is 0 Å². The number of amides is 1. The second kappa shape index (κ2) is 8.86. The fourth-order valence-electron chi connectivity index (χ4n) is 3.81. The van der Waals surface area contributed by atoms with E-state index in [2.05, 4.69) is 21.8 Å². The maximum atomic E-state index is 15.5. The summed E-state index contributed by atoms with van der Waals surface area (Å²) in [4.78, 5) is 19.7. The highest BCUT2D eigenvalue weighted by Crippen LogP contribution is 2.41. The lowest BCUT2D eigenvalue weighted by molar-refractivity contribution is -0.0227. The number of allylic oxidation sites excluding steroid dienone is 2. The molecule has 1 aromatic carbocycles. The van der Waals surface area contributed by atoms with Crippen molar-refractivity contribution in [3.05, 3.63) is 70.4 Å². The molecule has 0 atom stereocenters. The Kier molecular flexibility index (Phi) is 6.12. The Bertz CT molecular complexity index is 1290. The third-order valence-electron chi connectivity index (χ3n) is 5.92. The molecular weight excluding hydrogens is 437 g/mol. The SMILES string of the molecule is C=C(/C=C\N=C/CC)c1ccc(C2(F)CN(C(=O)c3sc4nnc(C)c(C)c4c3N)C2)cc1. The maximum Gasteiger partial charge on any atom is 0.266 e. The molecule has 6 nitrogen and oxygen atoms in total. The van der Waals surface area contributed by atoms with Crippen LogP contribution in [0.15, 0.2) is 48.1 Å². The van der Waals surface area contributed by atoms with Gasteiger partial charge in [0.2, 0.25) is 0 Å². The molecule has 1 fully saturated rings. The van der Waals surface area contributed by atoms with Crippen LogP contribution in [0.1, 0.15) is 45.4 Å². The monoisotopic (exact) mass is 463 g/mol. The van der Waals surface area contributed by atoms with Gasteiger partial charge in [0, 0.05) is 17.8 Å². The summed E-state index contributed by atoms with van der Waals surface area (Å²) >= 11 is 1.20. The second-order valence-electron chi connectivity index (χ2n) is 8.22. The fourth-order valence-corrected chi connectivity index (χ4v) is 4.87. The van der Waals surface area contributed by atoms with Gasteiger partial charge in [-0.2, -0.15) is 5.10 Å². The highest BCUT2D eigenvalue weighted by molar-refractivity contribution is 7.21. The predicted octanol–water partition coefficient (Wildman–Crippen LogP) is 5.22. The number of alkyl halides is 1. The largest absolute Gasteiger partial charge is 0.397 e. The van der Waals surface area contributed by atoms with Crippen molar-refractivity contribution >= 4 is 44.9 Å². The maximum absolute atomic E-state index is 15.5. The highest BCUT2D eigenvalue weighted by Gasteiger charge is 2.48. The van der Waals surface area contributed by atoms with E-state index in [0.29, 0.717) is 21.0 Å². The third kappa shape index (κ3) is 4.18. The summed E-state index contributed by atoms with van der Waals surface area (Å²) in [5, 5.41) is 9.03. The molecule has 3 heterocycles. The summed E-state index contributed by atoms with van der Waals surface area (Å²) in [5.74, 6) is -0.274. The third-order valence-corrected chi connectivity index (χ3v) is 7.00. The summed E-state index contributed by atoms with van der Waals surface area (Å²) in [6, 6.07) is 7.18. The molecule has 170 valence electrons. The van der Waals surface area contributed by atoms with E-state index in [1.54, 1.807) is 18.3 Å². The number of nitrogens with zero attached hydrogens (tertiary/aromatic N) is 4. The first kappa shape index (κ1) is 22.8. The molecule has 0 aliphatic carbocycles. The van der Waals surface area contributed by atoms with Crippen molar-refractivity contribution in [2.45, 2.75) is 32.9 Å². The molecule has 2 N–H and O–H groups in total. The van der Waals surface area contributed by atoms with E-state index in [0.717, 1.165) is 34.2 Å². The van der Waals surface area contributed by atoms with E-state index in [1.807, 2.05) is 45.2 Å². The lowest BCUT2D eigenvalue weighted by atomic mass is 9.87. The first-order valence-electron chi connectivity index (χ1n) is 10.7. The Balaban J connectivity index is 1.46. The van der Waals surface area contributed by atoms with Gasteiger partial charge in [-0.25, -0.2) is 4.39 Å². The Morgan fingerprint density at radius 2 is 2.00 bits per heavy atom. The first-order chi connectivity index (χ1) is 15.7. The van der Waals surface area contributed by atoms with Gasteiger partial charge in [-0.3, -0.25) is 9.79 Å². The standard InChI is InChI=1S/C25H26FN5OS/c1-5-11-28-12-10-15(2)18-6-8-19(9-7-18)25(26)13-31(14-25)24(32)22-21(27)20-16(3)17(4)29-30-23(20)33-22/h6-12H,2,5,13-14,27H2,1,3-4H3/b12-10-,28-11-. The van der Waals surface area contributed by atoms with Crippen LogP contribution in [0.2, 0.25) is 0 Å². The normalized spacial score (nSPS) is 15.5. The van der Waals surface area contributed by atoms with E-state index in [-0.39, 0.29) is 19.0 Å². The van der Waals surface area contributed by atoms with E-state index in [1.165, 1.54) is 16.2 Å². The number of benzene rings is 1. The molecule has 8 heteroatoms. The van der Waals surface area contributed by atoms with E-state index in [9.17, 15) is 4.79 Å². The minimum Gasteiger partial charge on any atom is -0.397 e. The Morgan fingerprint density at radius 1 is 1.30 bits per heavy atom. The number of carbonyl (C=O) groups is 1. The molecule has 1 amide bonds. The van der Waals surface area contributed by atoms with Crippen LogP contribution in [0.5, 0.6) is 0 Å². The molecule has 0 bridgehead atoms. The van der Waals surface area contributed by atoms with Gasteiger partial charge in [0.1, 0.15) is 9.71 Å². The first-order valence-corrected chi connectivity index (χ1v) is 11.5. The van der Waals surface area contributed by atoms with Crippen LogP contribution in [0.25, 0.3) is 15.8 Å². The summed E-state index contributed by atoms with van der Waals surface area (Å²) in [5.41, 5.74) is 8.99. The number of anilines is 1. The summed E-state index contributed by atoms with van der Waals surface area (Å²) in [6.07, 6.45) is 6.19. The fraction of sp³-hybridized carbons (Fsp3) is 0.280. The predicted molar refractivity (Wildman–Crippen MR) is 133 cm³/mol. The topological polar surface area (TPSA) is 84.5 Å². The van der Waals surface area contributed by atoms with Crippen LogP contribution in [0.4, 0.5) is 10.1 Å². The smallest absolute Gasteiger partial charge is 0.266 e. The molecule has 4 rings (SSSR count). The van der Waals surface area contributed by atoms with Gasteiger partial charge >= 0.3 is 0 Å². The zero-order valence-electron chi connectivity index (χ0n) is 18.9. The summed E-state index contributed by atoms with van der Waals surface area (Å²) in [6.45, 7) is 9.77. The molecule has 0 saturated carbocycles. The zero-order valence-corrected chi connectivity index (χ0v) is 19.7. The van der Waals surface area contributed by atoms with E-state index < -0.39 is 5.67 Å². The van der Waals surface area contributed by atoms with Gasteiger partial charge in [-0.05, 0) is 48.6 Å². The number of aromatic nitrogens is 2. The molecule has 0 radical (unpaired) electrons. The average molecular weight is 464 g/mol. The number of thiophene rings is 1. The molecule has 33 heavy (non-hydrogen) atoms. The number of hydrogen-bond donors (Lipinski definition) is 1. The Morgan fingerprint density at radius 3 is 2.67 bits per heavy atom. The number of fused-ring (bicyclic) bond motifs is 1. The van der Waals surface area contributed by atoms with E-state index in [4.69, 9.17) is 5.73 Å². The number of likely N-dealkylation sites (tertiary alicyclic amines) is 1. The van der Waals surface area contributed by atoms with Crippen molar-refractivity contribution in [1.29, 1.82) is 0 Å². The number of carbonyl (C=O) groups excluding carboxylic acids is 1. The lowest BCUT2D eigenvalue weighted by Crippen LogP contribution is -2.58. The summed E-state index contributed by atoms with van der Waals surface area (Å²) < 4.78 is 15.5. The van der Waals surface area contributed by atoms with Crippen molar-refractivity contribution in [1.82, 2.24) is 15.1 Å². The number of halogens is 1. The molecule has 3 aromatic rings. The number of aryl methyl sites for hydroxylation is 2.